The monoisotopic (exact) mass is 292 g/mol. The summed E-state index contributed by atoms with van der Waals surface area (Å²) < 4.78 is 31.6. The molecule has 2 rings (SSSR count). The van der Waals surface area contributed by atoms with Gasteiger partial charge in [0.05, 0.1) is 5.56 Å². The summed E-state index contributed by atoms with van der Waals surface area (Å²) in [6.45, 7) is 0.835. The van der Waals surface area contributed by atoms with Gasteiger partial charge in [-0.05, 0) is 30.3 Å². The van der Waals surface area contributed by atoms with Crippen LogP contribution in [0, 0.1) is 0 Å². The van der Waals surface area contributed by atoms with Gasteiger partial charge in [-0.1, -0.05) is 0 Å². The molecule has 0 fully saturated rings. The van der Waals surface area contributed by atoms with E-state index in [-0.39, 0.29) is 17.4 Å². The molecule has 2 aromatic rings. The number of carbonyl (C=O) groups is 1. The normalized spacial score (nSPS) is 11.0. The molecule has 0 atom stereocenters. The Hall–Kier alpha value is -2.50. The second-order valence-corrected chi connectivity index (χ2v) is 4.48. The smallest absolute Gasteiger partial charge is 0.270 e. The van der Waals surface area contributed by atoms with Gasteiger partial charge in [0.15, 0.2) is 0 Å². The van der Waals surface area contributed by atoms with Gasteiger partial charge < -0.3 is 10.1 Å². The first-order valence-corrected chi connectivity index (χ1v) is 6.24. The second-order valence-electron chi connectivity index (χ2n) is 4.48. The number of aromatic nitrogens is 1. The summed E-state index contributed by atoms with van der Waals surface area (Å²) in [5.41, 5.74) is 0.323. The highest BCUT2D eigenvalue weighted by Gasteiger charge is 2.23. The molecule has 1 heterocycles. The molecule has 0 aliphatic rings. The van der Waals surface area contributed by atoms with Gasteiger partial charge in [0.25, 0.3) is 11.8 Å². The summed E-state index contributed by atoms with van der Waals surface area (Å²) in [7, 11) is 1.53. The first-order chi connectivity index (χ1) is 9.90. The van der Waals surface area contributed by atoms with Crippen LogP contribution in [0.25, 0.3) is 0 Å². The summed E-state index contributed by atoms with van der Waals surface area (Å²) in [5.74, 6) is -2.46. The molecule has 110 valence electrons. The number of pyridine rings is 1. The van der Waals surface area contributed by atoms with Gasteiger partial charge in [0, 0.05) is 31.8 Å². The Bertz CT molecular complexity index is 620. The number of nitrogens with zero attached hydrogens (tertiary/aromatic N) is 1. The molecule has 0 unspecified atom stereocenters. The molecule has 21 heavy (non-hydrogen) atoms. The zero-order valence-corrected chi connectivity index (χ0v) is 11.6. The number of rotatable bonds is 4. The van der Waals surface area contributed by atoms with Gasteiger partial charge in [-0.2, -0.15) is 0 Å². The summed E-state index contributed by atoms with van der Waals surface area (Å²) in [5, 5.41) is 2.48. The third-order valence-electron chi connectivity index (χ3n) is 2.81. The number of halogens is 2. The lowest BCUT2D eigenvalue weighted by molar-refractivity contribution is 0.0174. The number of nitrogens with one attached hydrogen (secondary N) is 1. The summed E-state index contributed by atoms with van der Waals surface area (Å²) in [6, 6.07) is 8.59. The predicted octanol–water partition coefficient (Wildman–Crippen LogP) is 3.35. The van der Waals surface area contributed by atoms with Gasteiger partial charge in [0.2, 0.25) is 5.88 Å². The highest BCUT2D eigenvalue weighted by molar-refractivity contribution is 5.93. The predicted molar refractivity (Wildman–Crippen MR) is 73.7 cm³/mol. The van der Waals surface area contributed by atoms with E-state index in [1.807, 2.05) is 0 Å². The largest absolute Gasteiger partial charge is 0.439 e. The highest BCUT2D eigenvalue weighted by Crippen LogP contribution is 2.29. The first kappa shape index (κ1) is 14.9. The molecule has 1 aromatic carbocycles. The van der Waals surface area contributed by atoms with Crippen molar-refractivity contribution in [1.29, 1.82) is 0 Å². The fourth-order valence-electron chi connectivity index (χ4n) is 1.66. The lowest BCUT2D eigenvalue weighted by Gasteiger charge is -2.11. The molecule has 0 aliphatic heterocycles. The van der Waals surface area contributed by atoms with E-state index in [0.29, 0.717) is 11.3 Å². The Morgan fingerprint density at radius 3 is 2.33 bits per heavy atom. The average Bonchev–Trinajstić information content (AvgIpc) is 2.47. The zero-order chi connectivity index (χ0) is 15.5. The third kappa shape index (κ3) is 3.75. The van der Waals surface area contributed by atoms with Crippen molar-refractivity contribution < 1.29 is 18.3 Å². The van der Waals surface area contributed by atoms with Gasteiger partial charge in [-0.3, -0.25) is 4.79 Å². The minimum absolute atomic E-state index is 0.0854. The van der Waals surface area contributed by atoms with Crippen LogP contribution in [0.5, 0.6) is 11.6 Å². The van der Waals surface area contributed by atoms with Crippen molar-refractivity contribution in [3.63, 3.8) is 0 Å². The van der Waals surface area contributed by atoms with Crippen LogP contribution in [0.2, 0.25) is 0 Å². The molecule has 0 aliphatic carbocycles. The van der Waals surface area contributed by atoms with Crippen LogP contribution in [-0.4, -0.2) is 17.9 Å². The average molecular weight is 292 g/mol. The molecular formula is C15H14F2N2O2. The highest BCUT2D eigenvalue weighted by atomic mass is 19.3. The Morgan fingerprint density at radius 2 is 1.86 bits per heavy atom. The Labute approximate surface area is 120 Å². The van der Waals surface area contributed by atoms with E-state index < -0.39 is 5.92 Å². The van der Waals surface area contributed by atoms with Crippen molar-refractivity contribution >= 4 is 5.91 Å². The van der Waals surface area contributed by atoms with Crippen LogP contribution < -0.4 is 10.1 Å². The molecule has 1 N–H and O–H groups in total. The minimum atomic E-state index is -2.88. The topological polar surface area (TPSA) is 51.2 Å². The van der Waals surface area contributed by atoms with E-state index in [9.17, 15) is 13.6 Å². The molecule has 0 radical (unpaired) electrons. The maximum atomic E-state index is 13.1. The Morgan fingerprint density at radius 1 is 1.19 bits per heavy atom. The third-order valence-corrected chi connectivity index (χ3v) is 2.81. The lowest BCUT2D eigenvalue weighted by Crippen LogP contribution is -2.17. The Balaban J connectivity index is 2.10. The van der Waals surface area contributed by atoms with E-state index in [1.54, 1.807) is 6.07 Å². The fraction of sp³-hybridized carbons (Fsp3) is 0.200. The van der Waals surface area contributed by atoms with Crippen LogP contribution in [0.4, 0.5) is 8.78 Å². The van der Waals surface area contributed by atoms with Crippen molar-refractivity contribution in [1.82, 2.24) is 10.3 Å². The zero-order valence-electron chi connectivity index (χ0n) is 11.6. The first-order valence-electron chi connectivity index (χ1n) is 6.24. The summed E-state index contributed by atoms with van der Waals surface area (Å²) in [6.07, 6.45) is 1.38. The van der Waals surface area contributed by atoms with Gasteiger partial charge >= 0.3 is 0 Å². The van der Waals surface area contributed by atoms with E-state index in [1.165, 1.54) is 43.6 Å². The molecule has 6 heteroatoms. The van der Waals surface area contributed by atoms with E-state index in [2.05, 4.69) is 10.3 Å². The van der Waals surface area contributed by atoms with Crippen molar-refractivity contribution in [2.75, 3.05) is 7.05 Å². The summed E-state index contributed by atoms with van der Waals surface area (Å²) in [4.78, 5) is 15.3. The molecule has 1 amide bonds. The minimum Gasteiger partial charge on any atom is -0.439 e. The molecule has 4 nitrogen and oxygen atoms in total. The van der Waals surface area contributed by atoms with Crippen LogP contribution in [-0.2, 0) is 5.92 Å². The van der Waals surface area contributed by atoms with E-state index in [0.717, 1.165) is 6.92 Å². The SMILES string of the molecule is CNC(=O)c1ccc(Oc2ccc(C(C)(F)F)cc2)nc1. The van der Waals surface area contributed by atoms with Crippen molar-refractivity contribution in [2.45, 2.75) is 12.8 Å². The second kappa shape index (κ2) is 5.87. The Kier molecular flexibility index (Phi) is 4.16. The maximum absolute atomic E-state index is 13.1. The molecular weight excluding hydrogens is 278 g/mol. The number of benzene rings is 1. The van der Waals surface area contributed by atoms with Gasteiger partial charge in [-0.15, -0.1) is 0 Å². The van der Waals surface area contributed by atoms with Gasteiger partial charge in [-0.25, -0.2) is 13.8 Å². The molecule has 1 aromatic heterocycles. The van der Waals surface area contributed by atoms with Crippen LogP contribution in [0.15, 0.2) is 42.6 Å². The van der Waals surface area contributed by atoms with Crippen molar-refractivity contribution in [2.24, 2.45) is 0 Å². The summed E-state index contributed by atoms with van der Waals surface area (Å²) >= 11 is 0. The number of ether oxygens (including phenoxy) is 1. The van der Waals surface area contributed by atoms with E-state index >= 15 is 0 Å². The van der Waals surface area contributed by atoms with E-state index in [4.69, 9.17) is 4.74 Å². The molecule has 0 saturated heterocycles. The maximum Gasteiger partial charge on any atom is 0.270 e. The number of hydrogen-bond acceptors (Lipinski definition) is 3. The number of hydrogen-bond donors (Lipinski definition) is 1. The van der Waals surface area contributed by atoms with Crippen molar-refractivity contribution in [3.8, 4) is 11.6 Å². The number of carbonyl (C=O) groups excluding carboxylic acids is 1. The number of alkyl halides is 2. The van der Waals surface area contributed by atoms with Gasteiger partial charge in [0.1, 0.15) is 5.75 Å². The lowest BCUT2D eigenvalue weighted by atomic mass is 10.1. The number of amides is 1. The fourth-order valence-corrected chi connectivity index (χ4v) is 1.66. The quantitative estimate of drug-likeness (QED) is 0.940. The molecule has 0 bridgehead atoms. The van der Waals surface area contributed by atoms with Crippen molar-refractivity contribution in [3.05, 3.63) is 53.7 Å². The van der Waals surface area contributed by atoms with Crippen LogP contribution in [0.3, 0.4) is 0 Å². The van der Waals surface area contributed by atoms with Crippen LogP contribution >= 0.6 is 0 Å². The molecule has 0 saturated carbocycles. The molecule has 0 spiro atoms. The van der Waals surface area contributed by atoms with Crippen LogP contribution in [0.1, 0.15) is 22.8 Å². The standard InChI is InChI=1S/C15H14F2N2O2/c1-15(16,17)11-4-6-12(7-5-11)21-13-8-3-10(9-19-13)14(20)18-2/h3-9H,1-2H3,(H,18,20).